The van der Waals surface area contributed by atoms with Crippen molar-refractivity contribution < 1.29 is 23.4 Å². The van der Waals surface area contributed by atoms with Gasteiger partial charge in [0.1, 0.15) is 24.0 Å². The van der Waals surface area contributed by atoms with E-state index < -0.39 is 11.6 Å². The molecular formula is C17H13F2NO3. The molecule has 4 nitrogen and oxygen atoms in total. The van der Waals surface area contributed by atoms with E-state index in [1.807, 2.05) is 0 Å². The number of fused-ring (bicyclic) bond motifs is 1. The normalized spacial score (nSPS) is 10.9. The van der Waals surface area contributed by atoms with Crippen molar-refractivity contribution in [3.8, 4) is 16.9 Å². The van der Waals surface area contributed by atoms with E-state index in [-0.39, 0.29) is 35.2 Å². The molecule has 1 heterocycles. The molecule has 0 aliphatic carbocycles. The number of carbonyl (C=O) groups is 1. The number of aldehydes is 1. The van der Waals surface area contributed by atoms with Gasteiger partial charge in [0.2, 0.25) is 0 Å². The largest absolute Gasteiger partial charge is 0.491 e. The molecule has 0 unspecified atom stereocenters. The number of rotatable bonds is 5. The van der Waals surface area contributed by atoms with Crippen molar-refractivity contribution in [3.63, 3.8) is 0 Å². The summed E-state index contributed by atoms with van der Waals surface area (Å²) in [5.41, 5.74) is 0.501. The Morgan fingerprint density at radius 1 is 1.22 bits per heavy atom. The lowest BCUT2D eigenvalue weighted by Crippen LogP contribution is -2.01. The Balaban J connectivity index is 2.10. The van der Waals surface area contributed by atoms with Crippen molar-refractivity contribution in [1.82, 2.24) is 4.98 Å². The topological polar surface area (TPSA) is 62.3 Å². The average Bonchev–Trinajstić information content (AvgIpc) is 2.97. The summed E-state index contributed by atoms with van der Waals surface area (Å²) in [6.45, 7) is 0.0176. The Morgan fingerprint density at radius 2 is 1.96 bits per heavy atom. The van der Waals surface area contributed by atoms with Crippen LogP contribution >= 0.6 is 0 Å². The number of H-pyrrole nitrogens is 1. The van der Waals surface area contributed by atoms with Crippen LogP contribution in [0, 0.1) is 11.6 Å². The lowest BCUT2D eigenvalue weighted by Gasteiger charge is -2.09. The van der Waals surface area contributed by atoms with E-state index in [0.29, 0.717) is 17.6 Å². The van der Waals surface area contributed by atoms with Gasteiger partial charge in [-0.25, -0.2) is 8.78 Å². The summed E-state index contributed by atoms with van der Waals surface area (Å²) in [6, 6.07) is 7.33. The van der Waals surface area contributed by atoms with E-state index in [2.05, 4.69) is 4.98 Å². The summed E-state index contributed by atoms with van der Waals surface area (Å²) >= 11 is 0. The maximum absolute atomic E-state index is 14.7. The summed E-state index contributed by atoms with van der Waals surface area (Å²) in [4.78, 5) is 13.7. The van der Waals surface area contributed by atoms with Crippen LogP contribution < -0.4 is 4.74 Å². The number of benzene rings is 2. The van der Waals surface area contributed by atoms with Crippen molar-refractivity contribution >= 4 is 17.2 Å². The third-order valence-corrected chi connectivity index (χ3v) is 3.52. The maximum atomic E-state index is 14.7. The molecule has 0 atom stereocenters. The SMILES string of the molecule is O=Cc1c[nH]c2cc(F)c(-c3ccc(OCCO)cc3)c(F)c12. The van der Waals surface area contributed by atoms with Gasteiger partial charge in [0.25, 0.3) is 0 Å². The second kappa shape index (κ2) is 6.18. The van der Waals surface area contributed by atoms with Crippen LogP contribution in [-0.4, -0.2) is 29.6 Å². The minimum absolute atomic E-state index is 0.0667. The van der Waals surface area contributed by atoms with Gasteiger partial charge in [0, 0.05) is 17.1 Å². The summed E-state index contributed by atoms with van der Waals surface area (Å²) in [6.07, 6.45) is 1.87. The van der Waals surface area contributed by atoms with Crippen LogP contribution in [0.25, 0.3) is 22.0 Å². The molecule has 0 amide bonds. The van der Waals surface area contributed by atoms with E-state index in [4.69, 9.17) is 9.84 Å². The third-order valence-electron chi connectivity index (χ3n) is 3.52. The van der Waals surface area contributed by atoms with Crippen molar-refractivity contribution in [2.45, 2.75) is 0 Å². The Labute approximate surface area is 130 Å². The fourth-order valence-corrected chi connectivity index (χ4v) is 2.48. The molecule has 1 aromatic heterocycles. The first kappa shape index (κ1) is 15.2. The van der Waals surface area contributed by atoms with Crippen molar-refractivity contribution in [2.24, 2.45) is 0 Å². The maximum Gasteiger partial charge on any atom is 0.152 e. The van der Waals surface area contributed by atoms with Gasteiger partial charge >= 0.3 is 0 Å². The molecule has 0 aliphatic rings. The minimum Gasteiger partial charge on any atom is -0.491 e. The van der Waals surface area contributed by atoms with Crippen molar-refractivity contribution in [2.75, 3.05) is 13.2 Å². The molecule has 23 heavy (non-hydrogen) atoms. The lowest BCUT2D eigenvalue weighted by molar-refractivity contribution is 0.112. The Bertz CT molecular complexity index is 856. The van der Waals surface area contributed by atoms with Crippen LogP contribution in [0.15, 0.2) is 36.5 Å². The molecule has 0 bridgehead atoms. The van der Waals surface area contributed by atoms with Crippen LogP contribution in [0.5, 0.6) is 5.75 Å². The number of aromatic amines is 1. The molecule has 2 N–H and O–H groups in total. The number of aromatic nitrogens is 1. The van der Waals surface area contributed by atoms with Crippen molar-refractivity contribution in [3.05, 3.63) is 53.7 Å². The summed E-state index contributed by atoms with van der Waals surface area (Å²) in [5, 5.41) is 8.77. The molecule has 2 aromatic carbocycles. The monoisotopic (exact) mass is 317 g/mol. The third kappa shape index (κ3) is 2.68. The molecule has 0 radical (unpaired) electrons. The summed E-state index contributed by atoms with van der Waals surface area (Å²) in [7, 11) is 0. The minimum atomic E-state index is -0.785. The molecule has 0 saturated carbocycles. The second-order valence-corrected chi connectivity index (χ2v) is 4.93. The molecule has 0 fully saturated rings. The zero-order chi connectivity index (χ0) is 16.4. The van der Waals surface area contributed by atoms with Gasteiger partial charge in [0.05, 0.1) is 17.7 Å². The average molecular weight is 317 g/mol. The number of hydrogen-bond donors (Lipinski definition) is 2. The highest BCUT2D eigenvalue weighted by Crippen LogP contribution is 2.33. The second-order valence-electron chi connectivity index (χ2n) is 4.93. The fraction of sp³-hybridized carbons (Fsp3) is 0.118. The van der Waals surface area contributed by atoms with E-state index in [1.54, 1.807) is 12.1 Å². The molecule has 0 saturated heterocycles. The van der Waals surface area contributed by atoms with Crippen LogP contribution in [-0.2, 0) is 0 Å². The summed E-state index contributed by atoms with van der Waals surface area (Å²) in [5.74, 6) is -1.02. The number of aliphatic hydroxyl groups excluding tert-OH is 1. The predicted octanol–water partition coefficient (Wildman–Crippen LogP) is 3.30. The highest BCUT2D eigenvalue weighted by molar-refractivity contribution is 5.99. The van der Waals surface area contributed by atoms with Gasteiger partial charge in [-0.15, -0.1) is 0 Å². The molecular weight excluding hydrogens is 304 g/mol. The van der Waals surface area contributed by atoms with Gasteiger partial charge in [-0.2, -0.15) is 0 Å². The first-order valence-electron chi connectivity index (χ1n) is 6.94. The predicted molar refractivity (Wildman–Crippen MR) is 81.6 cm³/mol. The van der Waals surface area contributed by atoms with E-state index in [9.17, 15) is 13.6 Å². The number of nitrogens with one attached hydrogen (secondary N) is 1. The van der Waals surface area contributed by atoms with Crippen molar-refractivity contribution in [1.29, 1.82) is 0 Å². The fourth-order valence-electron chi connectivity index (χ4n) is 2.48. The van der Waals surface area contributed by atoms with Crippen LogP contribution in [0.1, 0.15) is 10.4 Å². The molecule has 0 spiro atoms. The van der Waals surface area contributed by atoms with Gasteiger partial charge in [-0.05, 0) is 23.8 Å². The Hall–Kier alpha value is -2.73. The first-order valence-corrected chi connectivity index (χ1v) is 6.94. The van der Waals surface area contributed by atoms with Gasteiger partial charge in [-0.1, -0.05) is 12.1 Å². The zero-order valence-electron chi connectivity index (χ0n) is 12.0. The quantitative estimate of drug-likeness (QED) is 0.710. The number of ether oxygens (including phenoxy) is 1. The van der Waals surface area contributed by atoms with Gasteiger partial charge < -0.3 is 14.8 Å². The Morgan fingerprint density at radius 3 is 2.61 bits per heavy atom. The van der Waals surface area contributed by atoms with Gasteiger partial charge in [-0.3, -0.25) is 4.79 Å². The standard InChI is InChI=1S/C17H13F2NO3/c18-13-7-14-16(11(9-22)8-20-14)17(19)15(13)10-1-3-12(4-2-10)23-6-5-21/h1-4,7-9,20-21H,5-6H2. The number of halogens is 2. The van der Waals surface area contributed by atoms with Crippen LogP contribution in [0.4, 0.5) is 8.78 Å². The number of aliphatic hydroxyl groups is 1. The molecule has 6 heteroatoms. The van der Waals surface area contributed by atoms with Crippen LogP contribution in [0.3, 0.4) is 0 Å². The van der Waals surface area contributed by atoms with Gasteiger partial charge in [0.15, 0.2) is 6.29 Å². The lowest BCUT2D eigenvalue weighted by atomic mass is 10.0. The molecule has 3 rings (SSSR count). The highest BCUT2D eigenvalue weighted by Gasteiger charge is 2.19. The smallest absolute Gasteiger partial charge is 0.152 e. The van der Waals surface area contributed by atoms with E-state index in [1.165, 1.54) is 18.3 Å². The van der Waals surface area contributed by atoms with E-state index >= 15 is 0 Å². The number of hydrogen-bond acceptors (Lipinski definition) is 3. The molecule has 0 aliphatic heterocycles. The Kier molecular flexibility index (Phi) is 4.08. The van der Waals surface area contributed by atoms with E-state index in [0.717, 1.165) is 6.07 Å². The molecule has 118 valence electrons. The molecule has 3 aromatic rings. The highest BCUT2D eigenvalue weighted by atomic mass is 19.1. The number of carbonyl (C=O) groups excluding carboxylic acids is 1. The van der Waals surface area contributed by atoms with Crippen LogP contribution in [0.2, 0.25) is 0 Å². The summed E-state index contributed by atoms with van der Waals surface area (Å²) < 4.78 is 34.2. The first-order chi connectivity index (χ1) is 11.2. The zero-order valence-corrected chi connectivity index (χ0v) is 12.0.